The van der Waals surface area contributed by atoms with Crippen molar-refractivity contribution in [2.45, 2.75) is 44.4 Å². The lowest BCUT2D eigenvalue weighted by Crippen LogP contribution is -2.00. The van der Waals surface area contributed by atoms with Gasteiger partial charge in [0, 0.05) is 17.8 Å². The van der Waals surface area contributed by atoms with Crippen LogP contribution in [0.2, 0.25) is 0 Å². The first-order chi connectivity index (χ1) is 9.36. The number of anilines is 1. The Hall–Kier alpha value is -1.36. The molecule has 0 amide bonds. The second-order valence-electron chi connectivity index (χ2n) is 5.40. The highest BCUT2D eigenvalue weighted by Crippen LogP contribution is 2.45. The van der Waals surface area contributed by atoms with Gasteiger partial charge in [-0.05, 0) is 44.1 Å². The van der Waals surface area contributed by atoms with Crippen LogP contribution in [0, 0.1) is 0 Å². The van der Waals surface area contributed by atoms with Crippen LogP contribution >= 0.6 is 11.3 Å². The van der Waals surface area contributed by atoms with Gasteiger partial charge in [0.2, 0.25) is 0 Å². The van der Waals surface area contributed by atoms with E-state index in [4.69, 9.17) is 4.52 Å². The normalized spacial score (nSPS) is 18.4. The Kier molecular flexibility index (Phi) is 2.62. The fraction of sp³-hybridized carbons (Fsp3) is 0.571. The van der Waals surface area contributed by atoms with Crippen LogP contribution in [-0.4, -0.2) is 17.2 Å². The maximum Gasteiger partial charge on any atom is 0.261 e. The van der Waals surface area contributed by atoms with Gasteiger partial charge < -0.3 is 9.84 Å². The molecular formula is C14H17N3OS. The highest BCUT2D eigenvalue weighted by Gasteiger charge is 2.31. The predicted octanol–water partition coefficient (Wildman–Crippen LogP) is 3.60. The van der Waals surface area contributed by atoms with Crippen LogP contribution in [0.15, 0.2) is 4.52 Å². The third-order valence-corrected chi connectivity index (χ3v) is 5.31. The molecule has 2 aromatic heterocycles. The van der Waals surface area contributed by atoms with E-state index in [1.54, 1.807) is 0 Å². The molecule has 0 bridgehead atoms. The van der Waals surface area contributed by atoms with E-state index in [0.717, 1.165) is 12.2 Å². The van der Waals surface area contributed by atoms with E-state index in [2.05, 4.69) is 15.5 Å². The van der Waals surface area contributed by atoms with Crippen LogP contribution in [0.25, 0.3) is 11.5 Å². The molecule has 5 heteroatoms. The van der Waals surface area contributed by atoms with Gasteiger partial charge in [-0.25, -0.2) is 0 Å². The summed E-state index contributed by atoms with van der Waals surface area (Å²) in [5.41, 5.74) is 2.60. The van der Waals surface area contributed by atoms with Crippen LogP contribution in [0.4, 0.5) is 5.00 Å². The summed E-state index contributed by atoms with van der Waals surface area (Å²) in [5, 5.41) is 8.62. The molecule has 4 nitrogen and oxygen atoms in total. The number of nitrogens with one attached hydrogen (secondary N) is 1. The van der Waals surface area contributed by atoms with Crippen molar-refractivity contribution in [2.24, 2.45) is 0 Å². The largest absolute Gasteiger partial charge is 0.379 e. The molecule has 1 N–H and O–H groups in total. The molecule has 100 valence electrons. The lowest BCUT2D eigenvalue weighted by molar-refractivity contribution is 0.422. The van der Waals surface area contributed by atoms with Gasteiger partial charge in [0.1, 0.15) is 5.00 Å². The maximum atomic E-state index is 5.52. The van der Waals surface area contributed by atoms with Crippen molar-refractivity contribution in [1.82, 2.24) is 10.1 Å². The fourth-order valence-electron chi connectivity index (χ4n) is 2.81. The van der Waals surface area contributed by atoms with Crippen LogP contribution in [0.1, 0.15) is 47.9 Å². The summed E-state index contributed by atoms with van der Waals surface area (Å²) < 4.78 is 5.52. The number of aromatic nitrogens is 2. The van der Waals surface area contributed by atoms with E-state index in [0.29, 0.717) is 11.8 Å². The van der Waals surface area contributed by atoms with Crippen molar-refractivity contribution < 1.29 is 4.52 Å². The lowest BCUT2D eigenvalue weighted by Gasteiger charge is -2.10. The Balaban J connectivity index is 1.81. The molecule has 0 aliphatic heterocycles. The fourth-order valence-corrected chi connectivity index (χ4v) is 4.05. The quantitative estimate of drug-likeness (QED) is 0.930. The van der Waals surface area contributed by atoms with Gasteiger partial charge in [0.15, 0.2) is 5.82 Å². The number of fused-ring (bicyclic) bond motifs is 1. The van der Waals surface area contributed by atoms with E-state index in [1.807, 2.05) is 18.4 Å². The van der Waals surface area contributed by atoms with Gasteiger partial charge in [0.25, 0.3) is 5.89 Å². The average molecular weight is 275 g/mol. The highest BCUT2D eigenvalue weighted by atomic mass is 32.1. The first-order valence-electron chi connectivity index (χ1n) is 7.03. The SMILES string of the molecule is CNc1sc2c(c1-c1nc(C3CC3)no1)CCCC2. The van der Waals surface area contributed by atoms with Gasteiger partial charge in [-0.15, -0.1) is 11.3 Å². The molecule has 2 aliphatic rings. The molecule has 0 spiro atoms. The van der Waals surface area contributed by atoms with Crippen molar-refractivity contribution in [2.75, 3.05) is 12.4 Å². The van der Waals surface area contributed by atoms with E-state index in [-0.39, 0.29) is 0 Å². The highest BCUT2D eigenvalue weighted by molar-refractivity contribution is 7.17. The minimum atomic E-state index is 0.546. The Morgan fingerprint density at radius 1 is 1.26 bits per heavy atom. The van der Waals surface area contributed by atoms with Crippen molar-refractivity contribution >= 4 is 16.3 Å². The number of aryl methyl sites for hydroxylation is 1. The zero-order valence-electron chi connectivity index (χ0n) is 11.0. The van der Waals surface area contributed by atoms with Crippen molar-refractivity contribution in [3.8, 4) is 11.5 Å². The average Bonchev–Trinajstić information content (AvgIpc) is 3.06. The van der Waals surface area contributed by atoms with E-state index in [9.17, 15) is 0 Å². The number of rotatable bonds is 3. The summed E-state index contributed by atoms with van der Waals surface area (Å²) in [7, 11) is 1.97. The molecule has 0 aromatic carbocycles. The molecule has 2 aliphatic carbocycles. The predicted molar refractivity (Wildman–Crippen MR) is 75.8 cm³/mol. The molecule has 0 saturated heterocycles. The molecule has 2 aromatic rings. The van der Waals surface area contributed by atoms with Crippen molar-refractivity contribution in [3.63, 3.8) is 0 Å². The number of hydrogen-bond acceptors (Lipinski definition) is 5. The van der Waals surface area contributed by atoms with Crippen molar-refractivity contribution in [3.05, 3.63) is 16.3 Å². The Morgan fingerprint density at radius 3 is 2.89 bits per heavy atom. The molecule has 2 heterocycles. The number of thiophene rings is 1. The second-order valence-corrected chi connectivity index (χ2v) is 6.50. The van der Waals surface area contributed by atoms with Crippen LogP contribution < -0.4 is 5.32 Å². The van der Waals surface area contributed by atoms with Crippen LogP contribution in [0.3, 0.4) is 0 Å². The summed E-state index contributed by atoms with van der Waals surface area (Å²) >= 11 is 1.85. The van der Waals surface area contributed by atoms with Gasteiger partial charge in [-0.1, -0.05) is 5.16 Å². The minimum absolute atomic E-state index is 0.546. The molecule has 19 heavy (non-hydrogen) atoms. The molecule has 0 atom stereocenters. The summed E-state index contributed by atoms with van der Waals surface area (Å²) in [4.78, 5) is 6.12. The zero-order chi connectivity index (χ0) is 12.8. The topological polar surface area (TPSA) is 51.0 Å². The summed E-state index contributed by atoms with van der Waals surface area (Å²) in [6.45, 7) is 0. The van der Waals surface area contributed by atoms with Gasteiger partial charge in [0.05, 0.1) is 5.56 Å². The van der Waals surface area contributed by atoms with Gasteiger partial charge in [-0.2, -0.15) is 4.98 Å². The van der Waals surface area contributed by atoms with Crippen molar-refractivity contribution in [1.29, 1.82) is 0 Å². The van der Waals surface area contributed by atoms with Gasteiger partial charge >= 0.3 is 0 Å². The molecule has 0 radical (unpaired) electrons. The Morgan fingerprint density at radius 2 is 2.11 bits per heavy atom. The zero-order valence-corrected chi connectivity index (χ0v) is 11.8. The second kappa shape index (κ2) is 4.34. The summed E-state index contributed by atoms with van der Waals surface area (Å²) in [5.74, 6) is 2.16. The first-order valence-corrected chi connectivity index (χ1v) is 7.84. The summed E-state index contributed by atoms with van der Waals surface area (Å²) in [6, 6.07) is 0. The van der Waals surface area contributed by atoms with E-state index >= 15 is 0 Å². The third-order valence-electron chi connectivity index (χ3n) is 4.00. The smallest absolute Gasteiger partial charge is 0.261 e. The maximum absolute atomic E-state index is 5.52. The van der Waals surface area contributed by atoms with E-state index in [1.165, 1.54) is 53.1 Å². The number of hydrogen-bond donors (Lipinski definition) is 1. The van der Waals surface area contributed by atoms with Crippen LogP contribution in [-0.2, 0) is 12.8 Å². The monoisotopic (exact) mass is 275 g/mol. The standard InChI is InChI=1S/C14H17N3OS/c1-15-14-11(9-4-2-3-5-10(9)19-14)13-16-12(17-18-13)8-6-7-8/h8,15H,2-7H2,1H3. The van der Waals surface area contributed by atoms with Gasteiger partial charge in [-0.3, -0.25) is 0 Å². The van der Waals surface area contributed by atoms with E-state index < -0.39 is 0 Å². The summed E-state index contributed by atoms with van der Waals surface area (Å²) in [6.07, 6.45) is 7.32. The van der Waals surface area contributed by atoms with Crippen LogP contribution in [0.5, 0.6) is 0 Å². The Labute approximate surface area is 116 Å². The number of nitrogens with zero attached hydrogens (tertiary/aromatic N) is 2. The third kappa shape index (κ3) is 1.87. The minimum Gasteiger partial charge on any atom is -0.379 e. The lowest BCUT2D eigenvalue weighted by atomic mass is 9.95. The first kappa shape index (κ1) is 11.5. The molecular weight excluding hydrogens is 258 g/mol. The Bertz CT molecular complexity index is 612. The molecule has 4 rings (SSSR count). The molecule has 1 saturated carbocycles. The molecule has 1 fully saturated rings. The molecule has 0 unspecified atom stereocenters.